The number of benzene rings is 1. The number of Topliss-reactive ketones (excluding diaryl/α,β-unsaturated/α-hetero) is 1. The molecule has 0 aromatic heterocycles. The monoisotopic (exact) mass is 278 g/mol. The van der Waals surface area contributed by atoms with Crippen molar-refractivity contribution < 1.29 is 13.9 Å². The molecule has 1 aliphatic heterocycles. The summed E-state index contributed by atoms with van der Waals surface area (Å²) >= 11 is 1.83. The zero-order valence-corrected chi connectivity index (χ0v) is 8.09. The van der Waals surface area contributed by atoms with Crippen LogP contribution in [0.25, 0.3) is 0 Å². The van der Waals surface area contributed by atoms with E-state index in [2.05, 4.69) is 0 Å². The Bertz CT molecular complexity index is 362. The zero-order chi connectivity index (χ0) is 8.72. The largest absolute Gasteiger partial charge is 0.483 e. The van der Waals surface area contributed by atoms with Crippen LogP contribution in [-0.2, 0) is 0 Å². The van der Waals surface area contributed by atoms with E-state index < -0.39 is 0 Å². The lowest BCUT2D eigenvalue weighted by molar-refractivity contribution is 0.0961. The molecular weight excluding hydrogens is 274 g/mol. The molecule has 1 aliphatic rings. The van der Waals surface area contributed by atoms with E-state index in [1.807, 2.05) is 22.6 Å². The molecule has 0 bridgehead atoms. The summed E-state index contributed by atoms with van der Waals surface area (Å²) in [6, 6.07) is 2.75. The van der Waals surface area contributed by atoms with Crippen molar-refractivity contribution in [3.05, 3.63) is 27.1 Å². The molecule has 0 spiro atoms. The normalized spacial score (nSPS) is 14.3. The first-order valence-electron chi connectivity index (χ1n) is 3.34. The fourth-order valence-electron chi connectivity index (χ4n) is 1.11. The second kappa shape index (κ2) is 2.69. The van der Waals surface area contributed by atoms with Gasteiger partial charge in [0.15, 0.2) is 6.61 Å². The Balaban J connectivity index is 2.68. The van der Waals surface area contributed by atoms with Crippen molar-refractivity contribution in [3.63, 3.8) is 0 Å². The summed E-state index contributed by atoms with van der Waals surface area (Å²) in [4.78, 5) is 11.1. The fourth-order valence-corrected chi connectivity index (χ4v) is 1.73. The Hall–Kier alpha value is -0.650. The topological polar surface area (TPSA) is 26.3 Å². The molecule has 0 amide bonds. The van der Waals surface area contributed by atoms with E-state index in [4.69, 9.17) is 4.74 Å². The van der Waals surface area contributed by atoms with Crippen molar-refractivity contribution in [2.24, 2.45) is 0 Å². The quantitative estimate of drug-likeness (QED) is 0.678. The van der Waals surface area contributed by atoms with Crippen LogP contribution in [0.2, 0.25) is 0 Å². The van der Waals surface area contributed by atoms with Gasteiger partial charge in [-0.15, -0.1) is 0 Å². The number of ether oxygens (including phenoxy) is 1. The molecule has 62 valence electrons. The number of rotatable bonds is 0. The molecule has 0 unspecified atom stereocenters. The van der Waals surface area contributed by atoms with Gasteiger partial charge in [-0.2, -0.15) is 0 Å². The summed E-state index contributed by atoms with van der Waals surface area (Å²) in [5, 5.41) is 0. The lowest BCUT2D eigenvalue weighted by atomic mass is 10.1. The van der Waals surface area contributed by atoms with Crippen LogP contribution in [-0.4, -0.2) is 12.4 Å². The maximum atomic E-state index is 12.9. The third-order valence-corrected chi connectivity index (χ3v) is 2.70. The van der Waals surface area contributed by atoms with Gasteiger partial charge in [0.1, 0.15) is 11.6 Å². The highest BCUT2D eigenvalue weighted by atomic mass is 127. The minimum absolute atomic E-state index is 0.0365. The van der Waals surface area contributed by atoms with Gasteiger partial charge in [-0.3, -0.25) is 4.79 Å². The van der Waals surface area contributed by atoms with Crippen LogP contribution in [0.1, 0.15) is 10.4 Å². The van der Waals surface area contributed by atoms with E-state index in [0.717, 1.165) is 0 Å². The molecule has 12 heavy (non-hydrogen) atoms. The van der Waals surface area contributed by atoms with Crippen molar-refractivity contribution in [2.45, 2.75) is 0 Å². The number of hydrogen-bond acceptors (Lipinski definition) is 2. The van der Waals surface area contributed by atoms with Crippen LogP contribution in [0.15, 0.2) is 12.1 Å². The van der Waals surface area contributed by atoms with Crippen molar-refractivity contribution in [2.75, 3.05) is 6.61 Å². The summed E-state index contributed by atoms with van der Waals surface area (Å²) in [5.41, 5.74) is 0.487. The molecule has 1 aromatic rings. The van der Waals surface area contributed by atoms with Crippen LogP contribution < -0.4 is 4.74 Å². The lowest BCUT2D eigenvalue weighted by Gasteiger charge is -2.00. The molecule has 1 aromatic carbocycles. The number of halogens is 2. The predicted octanol–water partition coefficient (Wildman–Crippen LogP) is 2.01. The van der Waals surface area contributed by atoms with Crippen molar-refractivity contribution in [1.82, 2.24) is 0 Å². The van der Waals surface area contributed by atoms with Crippen molar-refractivity contribution in [3.8, 4) is 5.75 Å². The van der Waals surface area contributed by atoms with Gasteiger partial charge in [0, 0.05) is 0 Å². The van der Waals surface area contributed by atoms with Crippen LogP contribution >= 0.6 is 22.6 Å². The number of hydrogen-bond donors (Lipinski definition) is 0. The highest BCUT2D eigenvalue weighted by molar-refractivity contribution is 14.1. The highest BCUT2D eigenvalue weighted by Crippen LogP contribution is 2.32. The molecule has 2 nitrogen and oxygen atoms in total. The Kier molecular flexibility index (Phi) is 1.79. The van der Waals surface area contributed by atoms with E-state index in [-0.39, 0.29) is 18.2 Å². The minimum Gasteiger partial charge on any atom is -0.483 e. The maximum absolute atomic E-state index is 12.9. The first-order chi connectivity index (χ1) is 5.70. The Morgan fingerprint density at radius 1 is 1.50 bits per heavy atom. The number of carbonyl (C=O) groups excluding carboxylic acids is 1. The molecule has 0 radical (unpaired) electrons. The molecule has 4 heteroatoms. The zero-order valence-electron chi connectivity index (χ0n) is 5.93. The lowest BCUT2D eigenvalue weighted by Crippen LogP contribution is -1.98. The van der Waals surface area contributed by atoms with Gasteiger partial charge in [-0.1, -0.05) is 0 Å². The van der Waals surface area contributed by atoms with Gasteiger partial charge in [0.25, 0.3) is 0 Å². The van der Waals surface area contributed by atoms with Crippen LogP contribution in [0.5, 0.6) is 5.75 Å². The van der Waals surface area contributed by atoms with Crippen molar-refractivity contribution >= 4 is 28.4 Å². The summed E-state index contributed by atoms with van der Waals surface area (Å²) in [5.74, 6) is -0.0347. The van der Waals surface area contributed by atoms with Gasteiger partial charge in [-0.05, 0) is 34.7 Å². The van der Waals surface area contributed by atoms with E-state index in [1.54, 1.807) is 0 Å². The average molecular weight is 278 g/mol. The Morgan fingerprint density at radius 2 is 2.25 bits per heavy atom. The molecular formula is C8H4FIO2. The number of fused-ring (bicyclic) bond motifs is 1. The first kappa shape index (κ1) is 7.97. The van der Waals surface area contributed by atoms with Crippen LogP contribution in [0.3, 0.4) is 0 Å². The predicted molar refractivity (Wildman–Crippen MR) is 48.9 cm³/mol. The standard InChI is InChI=1S/C8H4FIO2/c9-5-2-1-4-6(11)3-12-8(4)7(5)10/h1-2H,3H2. The Labute approximate surface area is 81.9 Å². The minimum atomic E-state index is -0.343. The van der Waals surface area contributed by atoms with Gasteiger partial charge in [0.05, 0.1) is 9.13 Å². The fraction of sp³-hybridized carbons (Fsp3) is 0.125. The van der Waals surface area contributed by atoms with Crippen molar-refractivity contribution in [1.29, 1.82) is 0 Å². The number of carbonyl (C=O) groups is 1. The SMILES string of the molecule is O=C1COc2c1ccc(F)c2I. The van der Waals surface area contributed by atoms with E-state index in [0.29, 0.717) is 14.9 Å². The molecule has 0 atom stereocenters. The van der Waals surface area contributed by atoms with E-state index >= 15 is 0 Å². The van der Waals surface area contributed by atoms with Crippen LogP contribution in [0, 0.1) is 9.39 Å². The third kappa shape index (κ3) is 1.01. The second-order valence-corrected chi connectivity index (χ2v) is 3.53. The second-order valence-electron chi connectivity index (χ2n) is 2.45. The Morgan fingerprint density at radius 3 is 3.00 bits per heavy atom. The van der Waals surface area contributed by atoms with Crippen LogP contribution in [0.4, 0.5) is 4.39 Å². The summed E-state index contributed by atoms with van der Waals surface area (Å²) in [7, 11) is 0. The number of ketones is 1. The van der Waals surface area contributed by atoms with Gasteiger partial charge >= 0.3 is 0 Å². The average Bonchev–Trinajstić information content (AvgIpc) is 2.41. The molecule has 0 saturated heterocycles. The molecule has 0 fully saturated rings. The maximum Gasteiger partial charge on any atom is 0.203 e. The van der Waals surface area contributed by atoms with Gasteiger partial charge in [-0.25, -0.2) is 4.39 Å². The molecule has 0 N–H and O–H groups in total. The van der Waals surface area contributed by atoms with Gasteiger partial charge in [0.2, 0.25) is 5.78 Å². The van der Waals surface area contributed by atoms with E-state index in [1.165, 1.54) is 12.1 Å². The molecule has 0 saturated carbocycles. The summed E-state index contributed by atoms with van der Waals surface area (Å²) in [6.45, 7) is 0.0365. The summed E-state index contributed by atoms with van der Waals surface area (Å²) < 4.78 is 18.3. The molecule has 2 rings (SSSR count). The smallest absolute Gasteiger partial charge is 0.203 e. The first-order valence-corrected chi connectivity index (χ1v) is 4.42. The highest BCUT2D eigenvalue weighted by Gasteiger charge is 2.24. The third-order valence-electron chi connectivity index (χ3n) is 1.70. The molecule has 0 aliphatic carbocycles. The van der Waals surface area contributed by atoms with E-state index in [9.17, 15) is 9.18 Å². The summed E-state index contributed by atoms with van der Waals surface area (Å²) in [6.07, 6.45) is 0. The van der Waals surface area contributed by atoms with Gasteiger partial charge < -0.3 is 4.74 Å². The molecule has 1 heterocycles.